The number of alkyl halides is 2. The average molecular weight is 288 g/mol. The SMILES string of the molecule is CCC1CCC(OC(F)(F)C2CCC(CC)CC2)CC1. The zero-order valence-electron chi connectivity index (χ0n) is 13.0. The molecular weight excluding hydrogens is 258 g/mol. The lowest BCUT2D eigenvalue weighted by Crippen LogP contribution is -2.39. The van der Waals surface area contributed by atoms with Crippen molar-refractivity contribution >= 4 is 0 Å². The number of ether oxygens (including phenoxy) is 1. The summed E-state index contributed by atoms with van der Waals surface area (Å²) in [6.45, 7) is 4.35. The fraction of sp³-hybridized carbons (Fsp3) is 1.00. The summed E-state index contributed by atoms with van der Waals surface area (Å²) in [5, 5.41) is 0. The lowest BCUT2D eigenvalue weighted by atomic mass is 9.80. The number of hydrogen-bond acceptors (Lipinski definition) is 1. The van der Waals surface area contributed by atoms with Gasteiger partial charge in [0.1, 0.15) is 0 Å². The maximum absolute atomic E-state index is 14.3. The van der Waals surface area contributed by atoms with Crippen molar-refractivity contribution in [3.05, 3.63) is 0 Å². The minimum atomic E-state index is -2.90. The lowest BCUT2D eigenvalue weighted by Gasteiger charge is -2.36. The van der Waals surface area contributed by atoms with E-state index >= 15 is 0 Å². The molecule has 0 atom stereocenters. The Hall–Kier alpha value is -0.180. The van der Waals surface area contributed by atoms with Gasteiger partial charge in [-0.05, 0) is 63.2 Å². The molecule has 2 rings (SSSR count). The van der Waals surface area contributed by atoms with E-state index in [1.54, 1.807) is 0 Å². The van der Waals surface area contributed by atoms with Crippen LogP contribution in [0.3, 0.4) is 0 Å². The molecule has 0 aromatic rings. The van der Waals surface area contributed by atoms with Crippen molar-refractivity contribution in [1.82, 2.24) is 0 Å². The first-order valence-corrected chi connectivity index (χ1v) is 8.60. The van der Waals surface area contributed by atoms with Crippen LogP contribution in [0.15, 0.2) is 0 Å². The Morgan fingerprint density at radius 1 is 0.800 bits per heavy atom. The van der Waals surface area contributed by atoms with Crippen LogP contribution in [0.2, 0.25) is 0 Å². The first-order chi connectivity index (χ1) is 9.55. The maximum Gasteiger partial charge on any atom is 0.358 e. The highest BCUT2D eigenvalue weighted by Crippen LogP contribution is 2.42. The molecular formula is C17H30F2O. The zero-order chi connectivity index (χ0) is 14.6. The fourth-order valence-corrected chi connectivity index (χ4v) is 3.88. The maximum atomic E-state index is 14.3. The van der Waals surface area contributed by atoms with E-state index in [1.165, 1.54) is 6.42 Å². The summed E-state index contributed by atoms with van der Waals surface area (Å²) < 4.78 is 33.8. The summed E-state index contributed by atoms with van der Waals surface area (Å²) in [5.41, 5.74) is 0. The molecule has 0 radical (unpaired) electrons. The molecule has 0 amide bonds. The van der Waals surface area contributed by atoms with Gasteiger partial charge in [0.25, 0.3) is 0 Å². The summed E-state index contributed by atoms with van der Waals surface area (Å²) in [6.07, 6.45) is 6.09. The van der Waals surface area contributed by atoms with Gasteiger partial charge in [-0.3, -0.25) is 0 Å². The van der Waals surface area contributed by atoms with E-state index in [0.29, 0.717) is 18.8 Å². The predicted molar refractivity (Wildman–Crippen MR) is 77.8 cm³/mol. The topological polar surface area (TPSA) is 9.23 Å². The number of halogens is 2. The van der Waals surface area contributed by atoms with Crippen molar-refractivity contribution < 1.29 is 13.5 Å². The van der Waals surface area contributed by atoms with Crippen LogP contribution in [-0.2, 0) is 4.74 Å². The Bertz CT molecular complexity index is 277. The van der Waals surface area contributed by atoms with Crippen molar-refractivity contribution in [2.75, 3.05) is 0 Å². The van der Waals surface area contributed by atoms with Crippen molar-refractivity contribution in [1.29, 1.82) is 0 Å². The second-order valence-electron chi connectivity index (χ2n) is 6.86. The van der Waals surface area contributed by atoms with Crippen LogP contribution >= 0.6 is 0 Å². The number of hydrogen-bond donors (Lipinski definition) is 0. The molecule has 3 heteroatoms. The molecule has 2 aliphatic rings. The van der Waals surface area contributed by atoms with Crippen LogP contribution in [0.1, 0.15) is 78.1 Å². The Labute approximate surface area is 122 Å². The Balaban J connectivity index is 1.79. The molecule has 0 aromatic heterocycles. The third-order valence-electron chi connectivity index (χ3n) is 5.59. The van der Waals surface area contributed by atoms with Crippen molar-refractivity contribution in [2.45, 2.75) is 90.3 Å². The van der Waals surface area contributed by atoms with E-state index in [-0.39, 0.29) is 6.10 Å². The molecule has 2 fully saturated rings. The molecule has 1 nitrogen and oxygen atoms in total. The summed E-state index contributed by atoms with van der Waals surface area (Å²) in [4.78, 5) is 0. The van der Waals surface area contributed by atoms with Gasteiger partial charge in [-0.15, -0.1) is 0 Å². The quantitative estimate of drug-likeness (QED) is 0.623. The normalized spacial score (nSPS) is 36.0. The van der Waals surface area contributed by atoms with Gasteiger partial charge in [-0.25, -0.2) is 0 Å². The van der Waals surface area contributed by atoms with Crippen molar-refractivity contribution in [2.24, 2.45) is 17.8 Å². The van der Waals surface area contributed by atoms with Crippen LogP contribution in [0.25, 0.3) is 0 Å². The predicted octanol–water partition coefficient (Wildman–Crippen LogP) is 5.78. The third kappa shape index (κ3) is 4.16. The molecule has 0 unspecified atom stereocenters. The van der Waals surface area contributed by atoms with Gasteiger partial charge in [0, 0.05) is 0 Å². The Morgan fingerprint density at radius 2 is 1.25 bits per heavy atom. The molecule has 2 saturated carbocycles. The van der Waals surface area contributed by atoms with E-state index in [2.05, 4.69) is 13.8 Å². The molecule has 0 spiro atoms. The summed E-state index contributed by atoms with van der Waals surface area (Å²) in [5.74, 6) is 0.833. The van der Waals surface area contributed by atoms with Gasteiger partial charge >= 0.3 is 6.11 Å². The van der Waals surface area contributed by atoms with Crippen LogP contribution in [0, 0.1) is 17.8 Å². The molecule has 0 heterocycles. The highest BCUT2D eigenvalue weighted by Gasteiger charge is 2.44. The van der Waals surface area contributed by atoms with Crippen molar-refractivity contribution in [3.8, 4) is 0 Å². The van der Waals surface area contributed by atoms with Gasteiger partial charge in [0.15, 0.2) is 0 Å². The van der Waals surface area contributed by atoms with Crippen LogP contribution < -0.4 is 0 Å². The fourth-order valence-electron chi connectivity index (χ4n) is 3.88. The van der Waals surface area contributed by atoms with E-state index in [1.807, 2.05) is 0 Å². The van der Waals surface area contributed by atoms with Crippen molar-refractivity contribution in [3.63, 3.8) is 0 Å². The van der Waals surface area contributed by atoms with Gasteiger partial charge in [0.05, 0.1) is 12.0 Å². The first kappa shape index (κ1) is 16.2. The summed E-state index contributed by atoms with van der Waals surface area (Å²) in [7, 11) is 0. The Morgan fingerprint density at radius 3 is 1.70 bits per heavy atom. The monoisotopic (exact) mass is 288 g/mol. The molecule has 0 aromatic carbocycles. The molecule has 118 valence electrons. The Kier molecular flexibility index (Phi) is 5.83. The standard InChI is InChI=1S/C17H30F2O/c1-3-13-5-9-15(10-6-13)17(18,19)20-16-11-7-14(4-2)8-12-16/h13-16H,3-12H2,1-2H3. The third-order valence-corrected chi connectivity index (χ3v) is 5.59. The molecule has 0 N–H and O–H groups in total. The number of rotatable bonds is 5. The largest absolute Gasteiger partial charge is 0.358 e. The minimum absolute atomic E-state index is 0.211. The molecule has 0 saturated heterocycles. The van der Waals surface area contributed by atoms with Gasteiger partial charge in [-0.1, -0.05) is 26.7 Å². The van der Waals surface area contributed by atoms with Gasteiger partial charge < -0.3 is 4.74 Å². The lowest BCUT2D eigenvalue weighted by molar-refractivity contribution is -0.301. The summed E-state index contributed by atoms with van der Waals surface area (Å²) in [6, 6.07) is 0. The average Bonchev–Trinajstić information content (AvgIpc) is 2.48. The second-order valence-corrected chi connectivity index (χ2v) is 6.86. The highest BCUT2D eigenvalue weighted by molar-refractivity contribution is 4.80. The van der Waals surface area contributed by atoms with E-state index < -0.39 is 12.0 Å². The van der Waals surface area contributed by atoms with Gasteiger partial charge in [0.2, 0.25) is 0 Å². The minimum Gasteiger partial charge on any atom is -0.317 e. The smallest absolute Gasteiger partial charge is 0.317 e. The molecule has 0 aliphatic heterocycles. The van der Waals surface area contributed by atoms with E-state index in [4.69, 9.17) is 4.74 Å². The van der Waals surface area contributed by atoms with Crippen LogP contribution in [0.5, 0.6) is 0 Å². The molecule has 0 bridgehead atoms. The van der Waals surface area contributed by atoms with E-state index in [0.717, 1.165) is 50.9 Å². The highest BCUT2D eigenvalue weighted by atomic mass is 19.3. The second kappa shape index (κ2) is 7.20. The van der Waals surface area contributed by atoms with Crippen LogP contribution in [-0.4, -0.2) is 12.2 Å². The van der Waals surface area contributed by atoms with E-state index in [9.17, 15) is 8.78 Å². The molecule has 2 aliphatic carbocycles. The molecule has 20 heavy (non-hydrogen) atoms. The summed E-state index contributed by atoms with van der Waals surface area (Å²) >= 11 is 0. The van der Waals surface area contributed by atoms with Gasteiger partial charge in [-0.2, -0.15) is 8.78 Å². The van der Waals surface area contributed by atoms with Crippen LogP contribution in [0.4, 0.5) is 8.78 Å². The first-order valence-electron chi connectivity index (χ1n) is 8.60. The zero-order valence-corrected chi connectivity index (χ0v) is 13.0.